The largest absolute Gasteiger partial charge is 0.507 e. The lowest BCUT2D eigenvalue weighted by Gasteiger charge is -2.25. The number of aliphatic hydroxyl groups excluding tert-OH is 1. The van der Waals surface area contributed by atoms with Gasteiger partial charge in [-0.2, -0.15) is 0 Å². The van der Waals surface area contributed by atoms with Crippen LogP contribution in [0.5, 0.6) is 5.75 Å². The molecule has 1 N–H and O–H groups in total. The molecule has 0 aliphatic carbocycles. The third-order valence-corrected chi connectivity index (χ3v) is 5.91. The van der Waals surface area contributed by atoms with Gasteiger partial charge in [0, 0.05) is 23.6 Å². The Hall–Kier alpha value is -4.46. The summed E-state index contributed by atoms with van der Waals surface area (Å²) in [6.07, 6.45) is 4.11. The predicted octanol–water partition coefficient (Wildman–Crippen LogP) is 4.60. The normalized spacial score (nSPS) is 16.6. The number of amides is 1. The summed E-state index contributed by atoms with van der Waals surface area (Å²) in [6, 6.07) is 16.0. The molecule has 0 saturated carbocycles. The number of esters is 1. The summed E-state index contributed by atoms with van der Waals surface area (Å²) in [4.78, 5) is 43.9. The molecule has 2 aromatic carbocycles. The molecule has 1 saturated heterocycles. The Balaban J connectivity index is 1.74. The van der Waals surface area contributed by atoms with Crippen LogP contribution in [-0.4, -0.2) is 41.0 Å². The van der Waals surface area contributed by atoms with E-state index in [0.29, 0.717) is 41.3 Å². The van der Waals surface area contributed by atoms with Crippen molar-refractivity contribution in [2.75, 3.05) is 18.1 Å². The quantitative estimate of drug-likeness (QED) is 0.198. The van der Waals surface area contributed by atoms with E-state index in [1.54, 1.807) is 80.0 Å². The maximum Gasteiger partial charge on any atom is 0.310 e. The average molecular weight is 501 g/mol. The first-order valence-corrected chi connectivity index (χ1v) is 12.1. The number of aromatic nitrogens is 1. The van der Waals surface area contributed by atoms with Gasteiger partial charge in [0.2, 0.25) is 0 Å². The number of pyridine rings is 1. The number of aliphatic hydroxyl groups is 1. The number of Topliss-reactive ketones (excluding diaryl/α,β-unsaturated/α-hetero) is 1. The molecule has 0 radical (unpaired) electrons. The molecular formula is C29H28N2O6. The number of anilines is 1. The van der Waals surface area contributed by atoms with E-state index in [4.69, 9.17) is 9.47 Å². The van der Waals surface area contributed by atoms with Crippen molar-refractivity contribution in [1.82, 2.24) is 4.98 Å². The number of hydrogen-bond donors (Lipinski definition) is 1. The smallest absolute Gasteiger partial charge is 0.310 e. The third kappa shape index (κ3) is 5.53. The fraction of sp³-hybridized carbons (Fsp3) is 0.241. The van der Waals surface area contributed by atoms with Crippen LogP contribution in [0.15, 0.2) is 78.6 Å². The van der Waals surface area contributed by atoms with E-state index in [9.17, 15) is 19.5 Å². The number of ketones is 1. The van der Waals surface area contributed by atoms with Crippen LogP contribution in [-0.2, 0) is 25.5 Å². The molecule has 1 atom stereocenters. The molecule has 8 nitrogen and oxygen atoms in total. The summed E-state index contributed by atoms with van der Waals surface area (Å²) in [5.41, 5.74) is 2.09. The molecule has 1 fully saturated rings. The maximum atomic E-state index is 13.3. The van der Waals surface area contributed by atoms with Gasteiger partial charge in [0.15, 0.2) is 0 Å². The number of ether oxygens (including phenoxy) is 2. The third-order valence-electron chi connectivity index (χ3n) is 5.91. The second kappa shape index (κ2) is 11.5. The number of rotatable bonds is 9. The summed E-state index contributed by atoms with van der Waals surface area (Å²) in [5.74, 6) is -1.55. The number of carbonyl (C=O) groups is 3. The summed E-state index contributed by atoms with van der Waals surface area (Å²) < 4.78 is 10.6. The maximum absolute atomic E-state index is 13.3. The van der Waals surface area contributed by atoms with Crippen molar-refractivity contribution in [2.24, 2.45) is 0 Å². The van der Waals surface area contributed by atoms with Crippen molar-refractivity contribution in [3.8, 4) is 5.75 Å². The van der Waals surface area contributed by atoms with Crippen LogP contribution < -0.4 is 9.64 Å². The molecule has 4 rings (SSSR count). The van der Waals surface area contributed by atoms with Crippen LogP contribution in [0.25, 0.3) is 5.76 Å². The first-order chi connectivity index (χ1) is 17.9. The highest BCUT2D eigenvalue weighted by molar-refractivity contribution is 6.51. The number of hydrogen-bond acceptors (Lipinski definition) is 7. The lowest BCUT2D eigenvalue weighted by Crippen LogP contribution is -2.29. The molecule has 0 spiro atoms. The lowest BCUT2D eigenvalue weighted by atomic mass is 9.96. The molecule has 1 aliphatic rings. The number of benzene rings is 2. The Morgan fingerprint density at radius 3 is 2.38 bits per heavy atom. The highest BCUT2D eigenvalue weighted by Crippen LogP contribution is 2.42. The fourth-order valence-electron chi connectivity index (χ4n) is 4.19. The second-order valence-electron chi connectivity index (χ2n) is 8.48. The SMILES string of the molecule is CCCOc1ccc(/C(O)=C2/C(=O)C(=O)N(c3ccc(CC(=O)OCC)cc3)C2c2cccnc2)cc1. The molecule has 1 unspecified atom stereocenters. The minimum Gasteiger partial charge on any atom is -0.507 e. The van der Waals surface area contributed by atoms with Gasteiger partial charge in [0.05, 0.1) is 31.2 Å². The summed E-state index contributed by atoms with van der Waals surface area (Å²) in [6.45, 7) is 4.60. The Morgan fingerprint density at radius 2 is 1.76 bits per heavy atom. The standard InChI is InChI=1S/C29H28N2O6/c1-3-16-37-23-13-9-20(10-14-23)27(33)25-26(21-6-5-15-30-18-21)31(29(35)28(25)34)22-11-7-19(8-12-22)17-24(32)36-4-2/h5-15,18,26,33H,3-4,16-17H2,1-2H3/b27-25-. The van der Waals surface area contributed by atoms with Gasteiger partial charge in [-0.15, -0.1) is 0 Å². The van der Waals surface area contributed by atoms with Gasteiger partial charge in [-0.25, -0.2) is 0 Å². The van der Waals surface area contributed by atoms with Crippen LogP contribution in [0, 0.1) is 0 Å². The molecular weight excluding hydrogens is 472 g/mol. The van der Waals surface area contributed by atoms with E-state index in [-0.39, 0.29) is 23.7 Å². The molecule has 1 aliphatic heterocycles. The van der Waals surface area contributed by atoms with Gasteiger partial charge in [-0.1, -0.05) is 25.1 Å². The zero-order chi connectivity index (χ0) is 26.4. The van der Waals surface area contributed by atoms with Crippen LogP contribution >= 0.6 is 0 Å². The van der Waals surface area contributed by atoms with Gasteiger partial charge in [0.25, 0.3) is 11.7 Å². The van der Waals surface area contributed by atoms with Gasteiger partial charge in [-0.3, -0.25) is 24.3 Å². The lowest BCUT2D eigenvalue weighted by molar-refractivity contribution is -0.142. The molecule has 3 aromatic rings. The first kappa shape index (κ1) is 25.6. The van der Waals surface area contributed by atoms with Crippen LogP contribution in [0.1, 0.15) is 43.0 Å². The van der Waals surface area contributed by atoms with Crippen molar-refractivity contribution in [3.63, 3.8) is 0 Å². The van der Waals surface area contributed by atoms with Gasteiger partial charge >= 0.3 is 5.97 Å². The monoisotopic (exact) mass is 500 g/mol. The topological polar surface area (TPSA) is 106 Å². The van der Waals surface area contributed by atoms with Gasteiger partial charge < -0.3 is 14.6 Å². The zero-order valence-corrected chi connectivity index (χ0v) is 20.7. The van der Waals surface area contributed by atoms with Crippen molar-refractivity contribution in [1.29, 1.82) is 0 Å². The van der Waals surface area contributed by atoms with E-state index >= 15 is 0 Å². The summed E-state index contributed by atoms with van der Waals surface area (Å²) >= 11 is 0. The summed E-state index contributed by atoms with van der Waals surface area (Å²) in [5, 5.41) is 11.2. The minimum atomic E-state index is -0.888. The Morgan fingerprint density at radius 1 is 1.03 bits per heavy atom. The molecule has 1 aromatic heterocycles. The molecule has 8 heteroatoms. The first-order valence-electron chi connectivity index (χ1n) is 12.1. The van der Waals surface area contributed by atoms with Gasteiger partial charge in [-0.05, 0) is 66.9 Å². The van der Waals surface area contributed by atoms with Crippen molar-refractivity contribution in [2.45, 2.75) is 32.7 Å². The number of carbonyl (C=O) groups excluding carboxylic acids is 3. The van der Waals surface area contributed by atoms with Crippen molar-refractivity contribution >= 4 is 29.1 Å². The highest BCUT2D eigenvalue weighted by atomic mass is 16.5. The molecule has 190 valence electrons. The van der Waals surface area contributed by atoms with E-state index in [1.165, 1.54) is 4.90 Å². The van der Waals surface area contributed by atoms with E-state index in [1.807, 2.05) is 6.92 Å². The van der Waals surface area contributed by atoms with Crippen molar-refractivity contribution in [3.05, 3.63) is 95.3 Å². The Bertz CT molecular complexity index is 1300. The van der Waals surface area contributed by atoms with E-state index in [0.717, 1.165) is 6.42 Å². The molecule has 37 heavy (non-hydrogen) atoms. The predicted molar refractivity (Wildman–Crippen MR) is 138 cm³/mol. The van der Waals surface area contributed by atoms with Crippen LogP contribution in [0.4, 0.5) is 5.69 Å². The number of nitrogens with zero attached hydrogens (tertiary/aromatic N) is 2. The highest BCUT2D eigenvalue weighted by Gasteiger charge is 2.47. The van der Waals surface area contributed by atoms with E-state index < -0.39 is 17.7 Å². The summed E-state index contributed by atoms with van der Waals surface area (Å²) in [7, 11) is 0. The molecule has 0 bridgehead atoms. The zero-order valence-electron chi connectivity index (χ0n) is 20.7. The Labute approximate surface area is 215 Å². The average Bonchev–Trinajstić information content (AvgIpc) is 3.18. The van der Waals surface area contributed by atoms with Crippen molar-refractivity contribution < 1.29 is 29.0 Å². The van der Waals surface area contributed by atoms with E-state index in [2.05, 4.69) is 4.98 Å². The molecule has 2 heterocycles. The van der Waals surface area contributed by atoms with Gasteiger partial charge in [0.1, 0.15) is 11.5 Å². The molecule has 1 amide bonds. The fourth-order valence-corrected chi connectivity index (χ4v) is 4.19. The second-order valence-corrected chi connectivity index (χ2v) is 8.48. The van der Waals surface area contributed by atoms with Crippen LogP contribution in [0.3, 0.4) is 0 Å². The Kier molecular flexibility index (Phi) is 7.98. The van der Waals surface area contributed by atoms with Crippen LogP contribution in [0.2, 0.25) is 0 Å². The minimum absolute atomic E-state index is 0.0316.